The molecule has 3 N–H and O–H groups in total. The van der Waals surface area contributed by atoms with Crippen LogP contribution in [0.5, 0.6) is 0 Å². The molecule has 146 valence electrons. The number of carbonyl (C=O) groups is 2. The number of amides is 2. The number of nitrogens with one attached hydrogen (secondary N) is 2. The molecule has 4 rings (SSSR count). The van der Waals surface area contributed by atoms with E-state index in [1.165, 1.54) is 22.3 Å². The Morgan fingerprint density at radius 3 is 2.03 bits per heavy atom. The lowest BCUT2D eigenvalue weighted by molar-refractivity contribution is 0.0706. The fraction of sp³-hybridized carbons (Fsp3) is 0.130. The summed E-state index contributed by atoms with van der Waals surface area (Å²) in [5.41, 5.74) is 7.42. The maximum Gasteiger partial charge on any atom is 0.407 e. The fourth-order valence-corrected chi connectivity index (χ4v) is 3.66. The average molecular weight is 388 g/mol. The summed E-state index contributed by atoms with van der Waals surface area (Å²) in [4.78, 5) is 23.5. The lowest BCUT2D eigenvalue weighted by Crippen LogP contribution is -2.25. The highest BCUT2D eigenvalue weighted by Crippen LogP contribution is 2.44. The standard InChI is InChI=1S/C23H20N2O4/c26-22(25-28)16-11-9-15(10-12-16)13-24-23(27)29-14-21-19-7-3-1-5-17(19)18-6-2-4-8-20(18)21/h1-12,21,28H,13-14H2,(H,24,27)(H,25,26). The molecule has 6 nitrogen and oxygen atoms in total. The number of rotatable bonds is 5. The summed E-state index contributed by atoms with van der Waals surface area (Å²) in [6, 6.07) is 22.9. The second kappa shape index (κ2) is 8.16. The van der Waals surface area contributed by atoms with Crippen molar-refractivity contribution in [2.75, 3.05) is 6.61 Å². The average Bonchev–Trinajstić information content (AvgIpc) is 3.10. The Balaban J connectivity index is 1.36. The van der Waals surface area contributed by atoms with Gasteiger partial charge < -0.3 is 10.1 Å². The van der Waals surface area contributed by atoms with Gasteiger partial charge in [0, 0.05) is 18.0 Å². The molecule has 0 spiro atoms. The molecular weight excluding hydrogens is 368 g/mol. The van der Waals surface area contributed by atoms with Crippen LogP contribution in [0.25, 0.3) is 11.1 Å². The molecule has 0 radical (unpaired) electrons. The van der Waals surface area contributed by atoms with Gasteiger partial charge in [-0.05, 0) is 39.9 Å². The van der Waals surface area contributed by atoms with Crippen molar-refractivity contribution in [1.82, 2.24) is 10.8 Å². The first-order chi connectivity index (χ1) is 14.2. The number of hydroxylamine groups is 1. The lowest BCUT2D eigenvalue weighted by Gasteiger charge is -2.14. The monoisotopic (exact) mass is 388 g/mol. The van der Waals surface area contributed by atoms with Gasteiger partial charge >= 0.3 is 6.09 Å². The summed E-state index contributed by atoms with van der Waals surface area (Å²) in [6.45, 7) is 0.535. The van der Waals surface area contributed by atoms with Crippen LogP contribution in [-0.4, -0.2) is 23.8 Å². The van der Waals surface area contributed by atoms with Crippen LogP contribution >= 0.6 is 0 Å². The van der Waals surface area contributed by atoms with Gasteiger partial charge in [-0.3, -0.25) is 10.0 Å². The van der Waals surface area contributed by atoms with Crippen LogP contribution in [-0.2, 0) is 11.3 Å². The number of hydrogen-bond donors (Lipinski definition) is 3. The zero-order valence-electron chi connectivity index (χ0n) is 15.6. The van der Waals surface area contributed by atoms with Crippen molar-refractivity contribution in [3.63, 3.8) is 0 Å². The lowest BCUT2D eigenvalue weighted by atomic mass is 9.98. The highest BCUT2D eigenvalue weighted by atomic mass is 16.5. The minimum Gasteiger partial charge on any atom is -0.449 e. The maximum atomic E-state index is 12.2. The van der Waals surface area contributed by atoms with Crippen LogP contribution in [0.2, 0.25) is 0 Å². The minimum absolute atomic E-state index is 0.0180. The van der Waals surface area contributed by atoms with Gasteiger partial charge in [0.1, 0.15) is 6.61 Å². The van der Waals surface area contributed by atoms with Crippen LogP contribution < -0.4 is 10.8 Å². The van der Waals surface area contributed by atoms with Gasteiger partial charge in [-0.15, -0.1) is 0 Å². The number of alkyl carbamates (subject to hydrolysis) is 1. The van der Waals surface area contributed by atoms with Gasteiger partial charge in [-0.25, -0.2) is 10.3 Å². The van der Waals surface area contributed by atoms with Crippen LogP contribution in [0.3, 0.4) is 0 Å². The van der Waals surface area contributed by atoms with Crippen molar-refractivity contribution in [2.45, 2.75) is 12.5 Å². The summed E-state index contributed by atoms with van der Waals surface area (Å²) in [5, 5.41) is 11.4. The van der Waals surface area contributed by atoms with Crippen LogP contribution in [0.1, 0.15) is 33.0 Å². The topological polar surface area (TPSA) is 87.7 Å². The Hall–Kier alpha value is -3.64. The van der Waals surface area contributed by atoms with Gasteiger partial charge in [-0.1, -0.05) is 60.7 Å². The second-order valence-electron chi connectivity index (χ2n) is 6.82. The number of benzene rings is 3. The zero-order chi connectivity index (χ0) is 20.2. The Kier molecular flexibility index (Phi) is 5.27. The molecule has 1 aliphatic carbocycles. The predicted octanol–water partition coefficient (Wildman–Crippen LogP) is 3.84. The molecule has 3 aromatic rings. The van der Waals surface area contributed by atoms with E-state index in [9.17, 15) is 9.59 Å². The van der Waals surface area contributed by atoms with E-state index in [0.717, 1.165) is 5.56 Å². The fourth-order valence-electron chi connectivity index (χ4n) is 3.66. The molecule has 29 heavy (non-hydrogen) atoms. The highest BCUT2D eigenvalue weighted by molar-refractivity contribution is 5.93. The molecule has 3 aromatic carbocycles. The normalized spacial score (nSPS) is 12.0. The van der Waals surface area contributed by atoms with E-state index in [4.69, 9.17) is 9.94 Å². The molecule has 0 aromatic heterocycles. The molecule has 0 unspecified atom stereocenters. The molecule has 0 saturated heterocycles. The summed E-state index contributed by atoms with van der Waals surface area (Å²) in [7, 11) is 0. The van der Waals surface area contributed by atoms with Gasteiger partial charge in [0.25, 0.3) is 5.91 Å². The number of ether oxygens (including phenoxy) is 1. The predicted molar refractivity (Wildman–Crippen MR) is 108 cm³/mol. The van der Waals surface area contributed by atoms with E-state index in [1.54, 1.807) is 29.7 Å². The highest BCUT2D eigenvalue weighted by Gasteiger charge is 2.28. The molecule has 0 aliphatic heterocycles. The van der Waals surface area contributed by atoms with E-state index in [1.807, 2.05) is 24.3 Å². The third kappa shape index (κ3) is 3.83. The van der Waals surface area contributed by atoms with Crippen molar-refractivity contribution in [3.8, 4) is 11.1 Å². The van der Waals surface area contributed by atoms with E-state index in [2.05, 4.69) is 29.6 Å². The van der Waals surface area contributed by atoms with Crippen molar-refractivity contribution in [2.24, 2.45) is 0 Å². The number of carbonyl (C=O) groups excluding carboxylic acids is 2. The first-order valence-corrected chi connectivity index (χ1v) is 9.29. The summed E-state index contributed by atoms with van der Waals surface area (Å²) in [5.74, 6) is -0.564. The summed E-state index contributed by atoms with van der Waals surface area (Å²) in [6.07, 6.45) is -0.496. The van der Waals surface area contributed by atoms with Gasteiger partial charge in [0.15, 0.2) is 0 Å². The van der Waals surface area contributed by atoms with E-state index in [0.29, 0.717) is 5.56 Å². The third-order valence-corrected chi connectivity index (χ3v) is 5.10. The van der Waals surface area contributed by atoms with Crippen molar-refractivity contribution in [1.29, 1.82) is 0 Å². The molecule has 2 amide bonds. The smallest absolute Gasteiger partial charge is 0.407 e. The molecular formula is C23H20N2O4. The van der Waals surface area contributed by atoms with Crippen molar-refractivity contribution in [3.05, 3.63) is 95.1 Å². The van der Waals surface area contributed by atoms with Crippen LogP contribution in [0.15, 0.2) is 72.8 Å². The molecule has 1 aliphatic rings. The Morgan fingerprint density at radius 1 is 0.862 bits per heavy atom. The Labute approximate surface area is 168 Å². The van der Waals surface area contributed by atoms with Crippen molar-refractivity contribution < 1.29 is 19.5 Å². The van der Waals surface area contributed by atoms with E-state index < -0.39 is 12.0 Å². The SMILES string of the molecule is O=C(NCc1ccc(C(=O)NO)cc1)OCC1c2ccccc2-c2ccccc21. The first-order valence-electron chi connectivity index (χ1n) is 9.29. The van der Waals surface area contributed by atoms with Gasteiger partial charge in [0.05, 0.1) is 0 Å². The number of hydrogen-bond acceptors (Lipinski definition) is 4. The Morgan fingerprint density at radius 2 is 1.45 bits per heavy atom. The molecule has 0 saturated carbocycles. The Bertz CT molecular complexity index is 1000. The van der Waals surface area contributed by atoms with E-state index >= 15 is 0 Å². The largest absolute Gasteiger partial charge is 0.449 e. The van der Waals surface area contributed by atoms with Gasteiger partial charge in [-0.2, -0.15) is 0 Å². The van der Waals surface area contributed by atoms with E-state index in [-0.39, 0.29) is 19.1 Å². The summed E-state index contributed by atoms with van der Waals surface area (Å²) < 4.78 is 5.49. The maximum absolute atomic E-state index is 12.2. The van der Waals surface area contributed by atoms with Crippen molar-refractivity contribution >= 4 is 12.0 Å². The minimum atomic E-state index is -0.582. The molecule has 0 heterocycles. The number of fused-ring (bicyclic) bond motifs is 3. The zero-order valence-corrected chi connectivity index (χ0v) is 15.6. The third-order valence-electron chi connectivity index (χ3n) is 5.10. The van der Waals surface area contributed by atoms with Crippen LogP contribution in [0, 0.1) is 0 Å². The molecule has 6 heteroatoms. The van der Waals surface area contributed by atoms with Crippen LogP contribution in [0.4, 0.5) is 4.79 Å². The molecule has 0 atom stereocenters. The second-order valence-corrected chi connectivity index (χ2v) is 6.82. The molecule has 0 bridgehead atoms. The molecule has 0 fully saturated rings. The first kappa shape index (κ1) is 18.7. The van der Waals surface area contributed by atoms with Gasteiger partial charge in [0.2, 0.25) is 0 Å². The summed E-state index contributed by atoms with van der Waals surface area (Å²) >= 11 is 0. The quantitative estimate of drug-likeness (QED) is 0.458.